The predicted octanol–water partition coefficient (Wildman–Crippen LogP) is 4.57. The summed E-state index contributed by atoms with van der Waals surface area (Å²) in [5.41, 5.74) is 1.98. The van der Waals surface area contributed by atoms with E-state index in [1.807, 2.05) is 25.1 Å². The fourth-order valence-electron chi connectivity index (χ4n) is 4.10. The van der Waals surface area contributed by atoms with Crippen molar-refractivity contribution in [3.8, 4) is 0 Å². The average Bonchev–Trinajstić information content (AvgIpc) is 3.28. The van der Waals surface area contributed by atoms with E-state index in [4.69, 9.17) is 21.3 Å². The van der Waals surface area contributed by atoms with E-state index in [0.29, 0.717) is 16.7 Å². The Morgan fingerprint density at radius 1 is 1.14 bits per heavy atom. The van der Waals surface area contributed by atoms with Crippen molar-refractivity contribution in [2.75, 3.05) is 50.0 Å². The third-order valence-corrected chi connectivity index (χ3v) is 9.19. The third-order valence-electron chi connectivity index (χ3n) is 6.08. The molecule has 0 N–H and O–H groups in total. The van der Waals surface area contributed by atoms with Crippen molar-refractivity contribution >= 4 is 54.0 Å². The lowest BCUT2D eigenvalue weighted by Gasteiger charge is -2.27. The van der Waals surface area contributed by atoms with Gasteiger partial charge in [0.15, 0.2) is 15.0 Å². The molecule has 7 nitrogen and oxygen atoms in total. The van der Waals surface area contributed by atoms with Crippen molar-refractivity contribution in [1.82, 2.24) is 9.88 Å². The van der Waals surface area contributed by atoms with Crippen molar-refractivity contribution < 1.29 is 17.9 Å². The minimum atomic E-state index is -3.48. The van der Waals surface area contributed by atoms with Crippen LogP contribution in [-0.4, -0.2) is 69.4 Å². The number of sulfone groups is 1. The van der Waals surface area contributed by atoms with Gasteiger partial charge in [0.25, 0.3) is 0 Å². The van der Waals surface area contributed by atoms with E-state index >= 15 is 0 Å². The van der Waals surface area contributed by atoms with Gasteiger partial charge in [0.1, 0.15) is 0 Å². The Hall–Kier alpha value is -2.04. The number of hydrogen-bond acceptors (Lipinski definition) is 7. The van der Waals surface area contributed by atoms with Crippen LogP contribution in [0.25, 0.3) is 10.2 Å². The molecule has 4 rings (SSSR count). The van der Waals surface area contributed by atoms with Crippen LogP contribution in [0.3, 0.4) is 0 Å². The standard InChI is InChI=1S/C25H30ClN3O4S2/c1-19-5-2-6-22-24(19)27-25(34-22)29(13-4-12-28-14-16-33-17-15-28)23(30)7-3-18-35(31,32)21-10-8-20(26)9-11-21/h2,5-6,8-11H,3-4,7,12-18H2,1H3. The van der Waals surface area contributed by atoms with Gasteiger partial charge in [-0.25, -0.2) is 13.4 Å². The van der Waals surface area contributed by atoms with Gasteiger partial charge in [0.05, 0.1) is 34.1 Å². The summed E-state index contributed by atoms with van der Waals surface area (Å²) in [6.07, 6.45) is 1.19. The largest absolute Gasteiger partial charge is 0.379 e. The molecular formula is C25H30ClN3O4S2. The Balaban J connectivity index is 1.43. The number of aryl methyl sites for hydroxylation is 1. The van der Waals surface area contributed by atoms with Crippen molar-refractivity contribution in [2.24, 2.45) is 0 Å². The highest BCUT2D eigenvalue weighted by molar-refractivity contribution is 7.91. The zero-order chi connectivity index (χ0) is 24.8. The number of fused-ring (bicyclic) bond motifs is 1. The molecule has 188 valence electrons. The second-order valence-corrected chi connectivity index (χ2v) is 12.2. The summed E-state index contributed by atoms with van der Waals surface area (Å²) < 4.78 is 31.8. The van der Waals surface area contributed by atoms with Crippen LogP contribution in [0.15, 0.2) is 47.4 Å². The number of ether oxygens (including phenoxy) is 1. The number of carbonyl (C=O) groups excluding carboxylic acids is 1. The maximum Gasteiger partial charge on any atom is 0.228 e. The molecule has 0 unspecified atom stereocenters. The normalized spacial score (nSPS) is 14.9. The topological polar surface area (TPSA) is 79.8 Å². The van der Waals surface area contributed by atoms with E-state index in [-0.39, 0.29) is 29.4 Å². The first-order valence-electron chi connectivity index (χ1n) is 11.8. The molecule has 1 fully saturated rings. The molecule has 10 heteroatoms. The number of thiazole rings is 1. The lowest BCUT2D eigenvalue weighted by Crippen LogP contribution is -2.39. The van der Waals surface area contributed by atoms with Gasteiger partial charge in [-0.1, -0.05) is 35.1 Å². The minimum Gasteiger partial charge on any atom is -0.379 e. The summed E-state index contributed by atoms with van der Waals surface area (Å²) in [6, 6.07) is 12.1. The monoisotopic (exact) mass is 535 g/mol. The quantitative estimate of drug-likeness (QED) is 0.378. The van der Waals surface area contributed by atoms with Gasteiger partial charge in [0.2, 0.25) is 5.91 Å². The molecule has 0 aliphatic carbocycles. The Labute approximate surface area is 215 Å². The number of rotatable bonds is 10. The van der Waals surface area contributed by atoms with E-state index in [1.54, 1.807) is 17.0 Å². The number of anilines is 1. The fourth-order valence-corrected chi connectivity index (χ4v) is 6.63. The number of hydrogen-bond donors (Lipinski definition) is 0. The Morgan fingerprint density at radius 3 is 2.60 bits per heavy atom. The van der Waals surface area contributed by atoms with Crippen LogP contribution in [0.1, 0.15) is 24.8 Å². The number of para-hydroxylation sites is 1. The first-order chi connectivity index (χ1) is 16.8. The molecule has 1 amide bonds. The summed E-state index contributed by atoms with van der Waals surface area (Å²) in [4.78, 5) is 22.4. The zero-order valence-electron chi connectivity index (χ0n) is 19.8. The summed E-state index contributed by atoms with van der Waals surface area (Å²) in [5.74, 6) is -0.198. The van der Waals surface area contributed by atoms with Crippen LogP contribution in [0, 0.1) is 6.92 Å². The molecule has 1 aliphatic rings. The summed E-state index contributed by atoms with van der Waals surface area (Å²) in [6.45, 7) is 6.70. The molecule has 0 saturated carbocycles. The molecule has 0 bridgehead atoms. The van der Waals surface area contributed by atoms with Gasteiger partial charge in [0, 0.05) is 37.6 Å². The number of amides is 1. The summed E-state index contributed by atoms with van der Waals surface area (Å²) in [7, 11) is -3.48. The van der Waals surface area contributed by atoms with E-state index in [1.165, 1.54) is 23.5 Å². The molecular weight excluding hydrogens is 506 g/mol. The van der Waals surface area contributed by atoms with Gasteiger partial charge in [-0.2, -0.15) is 0 Å². The number of aromatic nitrogens is 1. The van der Waals surface area contributed by atoms with Gasteiger partial charge in [-0.15, -0.1) is 0 Å². The maximum atomic E-state index is 13.3. The van der Waals surface area contributed by atoms with Crippen LogP contribution in [0.4, 0.5) is 5.13 Å². The van der Waals surface area contributed by atoms with Crippen molar-refractivity contribution in [2.45, 2.75) is 31.1 Å². The molecule has 2 aromatic carbocycles. The van der Waals surface area contributed by atoms with Crippen LogP contribution >= 0.6 is 22.9 Å². The van der Waals surface area contributed by atoms with Crippen molar-refractivity contribution in [3.05, 3.63) is 53.1 Å². The van der Waals surface area contributed by atoms with Gasteiger partial charge >= 0.3 is 0 Å². The highest BCUT2D eigenvalue weighted by atomic mass is 35.5. The number of carbonyl (C=O) groups is 1. The minimum absolute atomic E-state index is 0.0963. The first kappa shape index (κ1) is 26.0. The van der Waals surface area contributed by atoms with Crippen LogP contribution < -0.4 is 4.90 Å². The van der Waals surface area contributed by atoms with E-state index in [2.05, 4.69) is 4.90 Å². The molecule has 3 aromatic rings. The molecule has 1 saturated heterocycles. The first-order valence-corrected chi connectivity index (χ1v) is 14.6. The Kier molecular flexibility index (Phi) is 8.77. The zero-order valence-corrected chi connectivity index (χ0v) is 22.2. The van der Waals surface area contributed by atoms with Crippen molar-refractivity contribution in [1.29, 1.82) is 0 Å². The Bertz CT molecular complexity index is 1260. The van der Waals surface area contributed by atoms with Crippen LogP contribution in [0.5, 0.6) is 0 Å². The molecule has 1 aliphatic heterocycles. The lowest BCUT2D eigenvalue weighted by molar-refractivity contribution is -0.118. The summed E-state index contributed by atoms with van der Waals surface area (Å²) >= 11 is 7.37. The molecule has 35 heavy (non-hydrogen) atoms. The van der Waals surface area contributed by atoms with Crippen molar-refractivity contribution in [3.63, 3.8) is 0 Å². The third kappa shape index (κ3) is 6.80. The molecule has 0 spiro atoms. The van der Waals surface area contributed by atoms with E-state index in [9.17, 15) is 13.2 Å². The average molecular weight is 536 g/mol. The van der Waals surface area contributed by atoms with Gasteiger partial charge in [-0.05, 0) is 55.7 Å². The maximum absolute atomic E-state index is 13.3. The lowest BCUT2D eigenvalue weighted by atomic mass is 10.2. The molecule has 1 aromatic heterocycles. The van der Waals surface area contributed by atoms with Crippen LogP contribution in [-0.2, 0) is 19.4 Å². The number of nitrogens with zero attached hydrogens (tertiary/aromatic N) is 3. The van der Waals surface area contributed by atoms with E-state index in [0.717, 1.165) is 55.0 Å². The summed E-state index contributed by atoms with van der Waals surface area (Å²) in [5, 5.41) is 1.15. The van der Waals surface area contributed by atoms with Gasteiger partial charge < -0.3 is 4.74 Å². The molecule has 2 heterocycles. The second-order valence-electron chi connectivity index (χ2n) is 8.65. The number of halogens is 1. The highest BCUT2D eigenvalue weighted by Crippen LogP contribution is 2.31. The fraction of sp³-hybridized carbons (Fsp3) is 0.440. The Morgan fingerprint density at radius 2 is 1.89 bits per heavy atom. The molecule has 0 atom stereocenters. The SMILES string of the molecule is Cc1cccc2sc(N(CCCN3CCOCC3)C(=O)CCCS(=O)(=O)c3ccc(Cl)cc3)nc12. The van der Waals surface area contributed by atoms with Crippen LogP contribution in [0.2, 0.25) is 5.02 Å². The second kappa shape index (κ2) is 11.8. The highest BCUT2D eigenvalue weighted by Gasteiger charge is 2.22. The number of benzene rings is 2. The van der Waals surface area contributed by atoms with Gasteiger partial charge in [-0.3, -0.25) is 14.6 Å². The predicted molar refractivity (Wildman–Crippen MR) is 141 cm³/mol. The smallest absolute Gasteiger partial charge is 0.228 e. The van der Waals surface area contributed by atoms with E-state index < -0.39 is 9.84 Å². The number of morpholine rings is 1. The molecule has 0 radical (unpaired) electrons.